The number of hydrogen-bond donors (Lipinski definition) is 2. The number of alkyl halides is 4. The van der Waals surface area contributed by atoms with E-state index >= 15 is 0 Å². The molecule has 0 atom stereocenters. The van der Waals surface area contributed by atoms with Crippen LogP contribution in [0.5, 0.6) is 0 Å². The second kappa shape index (κ2) is 7.70. The topological polar surface area (TPSA) is 61.4 Å². The van der Waals surface area contributed by atoms with Crippen molar-refractivity contribution in [2.45, 2.75) is 32.1 Å². The molecule has 1 saturated heterocycles. The molecule has 1 fully saturated rings. The van der Waals surface area contributed by atoms with Crippen LogP contribution in [-0.4, -0.2) is 57.8 Å². The highest BCUT2D eigenvalue weighted by Crippen LogP contribution is 2.23. The van der Waals surface area contributed by atoms with Gasteiger partial charge in [-0.3, -0.25) is 0 Å². The summed E-state index contributed by atoms with van der Waals surface area (Å²) in [6.45, 7) is 2.37. The Hall–Kier alpha value is -0.450. The molecule has 1 rings (SSSR count). The van der Waals surface area contributed by atoms with Crippen molar-refractivity contribution in [1.29, 1.82) is 0 Å². The lowest BCUT2D eigenvalue weighted by Gasteiger charge is -2.31. The zero-order valence-electron chi connectivity index (χ0n) is 11.8. The fraction of sp³-hybridized carbons (Fsp3) is 1.00. The molecule has 0 unspecified atom stereocenters. The third kappa shape index (κ3) is 5.68. The Labute approximate surface area is 122 Å². The molecule has 21 heavy (non-hydrogen) atoms. The van der Waals surface area contributed by atoms with Gasteiger partial charge in [0.25, 0.3) is 10.2 Å². The first-order valence-corrected chi connectivity index (χ1v) is 8.24. The van der Waals surface area contributed by atoms with Gasteiger partial charge in [0, 0.05) is 13.1 Å². The Bertz CT molecular complexity index is 412. The molecule has 1 heterocycles. The Morgan fingerprint density at radius 1 is 1.29 bits per heavy atom. The molecule has 0 saturated carbocycles. The van der Waals surface area contributed by atoms with Crippen molar-refractivity contribution in [3.63, 3.8) is 0 Å². The van der Waals surface area contributed by atoms with Crippen LogP contribution in [0.1, 0.15) is 19.8 Å². The first-order valence-electron chi connectivity index (χ1n) is 6.80. The normalized spacial score (nSPS) is 19.3. The van der Waals surface area contributed by atoms with Gasteiger partial charge in [0.05, 0.1) is 6.54 Å². The van der Waals surface area contributed by atoms with E-state index in [1.165, 1.54) is 0 Å². The van der Waals surface area contributed by atoms with Gasteiger partial charge in [-0.15, -0.1) is 0 Å². The van der Waals surface area contributed by atoms with Crippen molar-refractivity contribution in [2.24, 2.45) is 5.92 Å². The van der Waals surface area contributed by atoms with E-state index in [1.807, 2.05) is 6.92 Å². The molecule has 1 aliphatic rings. The molecule has 0 amide bonds. The maximum Gasteiger partial charge on any atom is 0.320 e. The van der Waals surface area contributed by atoms with Crippen molar-refractivity contribution >= 4 is 10.2 Å². The minimum atomic E-state index is -4.36. The van der Waals surface area contributed by atoms with Crippen molar-refractivity contribution in [3.8, 4) is 0 Å². The second-order valence-corrected chi connectivity index (χ2v) is 6.79. The Balaban J connectivity index is 2.46. The highest BCUT2D eigenvalue weighted by Gasteiger charge is 2.42. The molecule has 0 bridgehead atoms. The molecule has 2 N–H and O–H groups in total. The lowest BCUT2D eigenvalue weighted by molar-refractivity contribution is -0.122. The van der Waals surface area contributed by atoms with Gasteiger partial charge in [-0.05, 0) is 31.8 Å². The SMILES string of the molecule is CCNCC1CCN(S(=O)(=O)NCC(F)(F)C(F)F)CC1. The maximum absolute atomic E-state index is 12.7. The first-order chi connectivity index (χ1) is 9.69. The highest BCUT2D eigenvalue weighted by atomic mass is 32.2. The fourth-order valence-electron chi connectivity index (χ4n) is 2.06. The minimum Gasteiger partial charge on any atom is -0.317 e. The van der Waals surface area contributed by atoms with Crippen LogP contribution in [0.3, 0.4) is 0 Å². The van der Waals surface area contributed by atoms with Crippen LogP contribution in [0.25, 0.3) is 0 Å². The van der Waals surface area contributed by atoms with E-state index in [-0.39, 0.29) is 13.1 Å². The zero-order chi connectivity index (χ0) is 16.1. The summed E-state index contributed by atoms with van der Waals surface area (Å²) in [5.74, 6) is -4.03. The third-order valence-corrected chi connectivity index (χ3v) is 4.96. The zero-order valence-corrected chi connectivity index (χ0v) is 12.6. The van der Waals surface area contributed by atoms with E-state index < -0.39 is 29.1 Å². The minimum absolute atomic E-state index is 0.200. The van der Waals surface area contributed by atoms with Crippen LogP contribution >= 0.6 is 0 Å². The molecule has 0 aromatic heterocycles. The summed E-state index contributed by atoms with van der Waals surface area (Å²) >= 11 is 0. The van der Waals surface area contributed by atoms with Crippen LogP contribution in [0.2, 0.25) is 0 Å². The second-order valence-electron chi connectivity index (χ2n) is 5.04. The number of nitrogens with zero attached hydrogens (tertiary/aromatic N) is 1. The average Bonchev–Trinajstić information content (AvgIpc) is 2.43. The summed E-state index contributed by atoms with van der Waals surface area (Å²) in [6, 6.07) is 0. The lowest BCUT2D eigenvalue weighted by atomic mass is 9.98. The van der Waals surface area contributed by atoms with E-state index in [2.05, 4.69) is 5.32 Å². The van der Waals surface area contributed by atoms with Gasteiger partial charge >= 0.3 is 12.3 Å². The van der Waals surface area contributed by atoms with Crippen molar-refractivity contribution in [2.75, 3.05) is 32.7 Å². The predicted octanol–water partition coefficient (Wildman–Crippen LogP) is 1.04. The first kappa shape index (κ1) is 18.6. The standard InChI is InChI=1S/C11H21F4N3O2S/c1-2-16-7-9-3-5-18(6-4-9)21(19,20)17-8-11(14,15)10(12)13/h9-10,16-17H,2-8H2,1H3. The van der Waals surface area contributed by atoms with Crippen molar-refractivity contribution in [1.82, 2.24) is 14.3 Å². The van der Waals surface area contributed by atoms with Gasteiger partial charge in [-0.1, -0.05) is 6.92 Å². The van der Waals surface area contributed by atoms with E-state index in [1.54, 1.807) is 4.72 Å². The van der Waals surface area contributed by atoms with E-state index in [4.69, 9.17) is 0 Å². The summed E-state index contributed by atoms with van der Waals surface area (Å²) in [7, 11) is -4.14. The molecule has 0 radical (unpaired) electrons. The van der Waals surface area contributed by atoms with Gasteiger partial charge in [-0.25, -0.2) is 8.78 Å². The molecule has 1 aliphatic heterocycles. The number of halogens is 4. The average molecular weight is 335 g/mol. The van der Waals surface area contributed by atoms with Crippen molar-refractivity contribution in [3.05, 3.63) is 0 Å². The molecule has 126 valence electrons. The predicted molar refractivity (Wildman–Crippen MR) is 70.7 cm³/mol. The molecular formula is C11H21F4N3O2S. The quantitative estimate of drug-likeness (QED) is 0.652. The number of nitrogens with one attached hydrogen (secondary N) is 2. The number of piperidine rings is 1. The molecule has 0 aromatic rings. The van der Waals surface area contributed by atoms with Gasteiger partial charge in [-0.2, -0.15) is 26.2 Å². The van der Waals surface area contributed by atoms with Gasteiger partial charge in [0.2, 0.25) is 0 Å². The smallest absolute Gasteiger partial charge is 0.317 e. The van der Waals surface area contributed by atoms with Gasteiger partial charge < -0.3 is 5.32 Å². The van der Waals surface area contributed by atoms with Crippen LogP contribution < -0.4 is 10.0 Å². The molecule has 10 heteroatoms. The van der Waals surface area contributed by atoms with Gasteiger partial charge in [0.1, 0.15) is 0 Å². The Morgan fingerprint density at radius 2 is 1.86 bits per heavy atom. The molecule has 0 aliphatic carbocycles. The molecule has 0 spiro atoms. The van der Waals surface area contributed by atoms with Gasteiger partial charge in [0.15, 0.2) is 0 Å². The monoisotopic (exact) mass is 335 g/mol. The maximum atomic E-state index is 12.7. The number of hydrogen-bond acceptors (Lipinski definition) is 3. The summed E-state index contributed by atoms with van der Waals surface area (Å²) in [5.41, 5.74) is 0. The van der Waals surface area contributed by atoms with Crippen LogP contribution in [-0.2, 0) is 10.2 Å². The number of rotatable bonds is 8. The van der Waals surface area contributed by atoms with Crippen molar-refractivity contribution < 1.29 is 26.0 Å². The highest BCUT2D eigenvalue weighted by molar-refractivity contribution is 7.87. The fourth-order valence-corrected chi connectivity index (χ4v) is 3.31. The summed E-state index contributed by atoms with van der Waals surface area (Å²) in [5, 5.41) is 3.16. The lowest BCUT2D eigenvalue weighted by Crippen LogP contribution is -2.50. The van der Waals surface area contributed by atoms with E-state index in [9.17, 15) is 26.0 Å². The summed E-state index contributed by atoms with van der Waals surface area (Å²) < 4.78 is 75.7. The molecule has 5 nitrogen and oxygen atoms in total. The summed E-state index contributed by atoms with van der Waals surface area (Å²) in [4.78, 5) is 0. The van der Waals surface area contributed by atoms with Crippen LogP contribution in [0, 0.1) is 5.92 Å². The van der Waals surface area contributed by atoms with E-state index in [0.717, 1.165) is 17.4 Å². The third-order valence-electron chi connectivity index (χ3n) is 3.41. The molecule has 0 aromatic carbocycles. The van der Waals surface area contributed by atoms with Crippen LogP contribution in [0.4, 0.5) is 17.6 Å². The molecular weight excluding hydrogens is 314 g/mol. The van der Waals surface area contributed by atoms with E-state index in [0.29, 0.717) is 18.8 Å². The summed E-state index contributed by atoms with van der Waals surface area (Å²) in [6.07, 6.45) is -2.68. The largest absolute Gasteiger partial charge is 0.320 e. The van der Waals surface area contributed by atoms with Crippen LogP contribution in [0.15, 0.2) is 0 Å². The Kier molecular flexibility index (Phi) is 6.82. The Morgan fingerprint density at radius 3 is 2.33 bits per heavy atom.